The molecule has 1 heterocycles. The molecule has 1 aliphatic rings. The fraction of sp³-hybridized carbons (Fsp3) is 0.360. The monoisotopic (exact) mass is 438 g/mol. The Morgan fingerprint density at radius 3 is 2.28 bits per heavy atom. The van der Waals surface area contributed by atoms with Crippen LogP contribution in [-0.4, -0.2) is 50.7 Å². The Kier molecular flexibility index (Phi) is 8.27. The molecule has 32 heavy (non-hydrogen) atoms. The van der Waals surface area contributed by atoms with Crippen LogP contribution < -0.4 is 14.8 Å². The molecule has 0 saturated carbocycles. The predicted octanol–water partition coefficient (Wildman–Crippen LogP) is 4.10. The molecule has 1 aliphatic heterocycles. The van der Waals surface area contributed by atoms with Crippen LogP contribution in [0.4, 0.5) is 5.69 Å². The summed E-state index contributed by atoms with van der Waals surface area (Å²) < 4.78 is 16.1. The molecular weight excluding hydrogens is 408 g/mol. The van der Waals surface area contributed by atoms with E-state index in [0.717, 1.165) is 12.8 Å². The van der Waals surface area contributed by atoms with Gasteiger partial charge in [-0.2, -0.15) is 0 Å². The maximum Gasteiger partial charge on any atom is 0.278 e. The van der Waals surface area contributed by atoms with Crippen LogP contribution in [-0.2, 0) is 14.3 Å². The van der Waals surface area contributed by atoms with Crippen molar-refractivity contribution in [3.63, 3.8) is 0 Å². The average molecular weight is 439 g/mol. The molecule has 170 valence electrons. The second-order valence-corrected chi connectivity index (χ2v) is 7.42. The quantitative estimate of drug-likeness (QED) is 0.397. The molecule has 3 rings (SSSR count). The lowest BCUT2D eigenvalue weighted by Crippen LogP contribution is -2.34. The molecule has 0 atom stereocenters. The maximum absolute atomic E-state index is 13.3. The maximum atomic E-state index is 13.3. The van der Waals surface area contributed by atoms with Gasteiger partial charge in [0.05, 0.1) is 19.8 Å². The summed E-state index contributed by atoms with van der Waals surface area (Å²) in [7, 11) is 3.16. The number of hydrogen-bond donors (Lipinski definition) is 1. The van der Waals surface area contributed by atoms with Crippen molar-refractivity contribution in [2.45, 2.75) is 26.2 Å². The molecule has 0 fully saturated rings. The Bertz CT molecular complexity index is 969. The normalized spacial score (nSPS) is 13.7. The Balaban J connectivity index is 1.84. The van der Waals surface area contributed by atoms with E-state index in [4.69, 9.17) is 14.2 Å². The zero-order valence-electron chi connectivity index (χ0n) is 18.8. The van der Waals surface area contributed by atoms with E-state index in [1.165, 1.54) is 4.90 Å². The molecule has 1 N–H and O–H groups in total. The zero-order chi connectivity index (χ0) is 22.9. The molecule has 0 radical (unpaired) electrons. The van der Waals surface area contributed by atoms with Gasteiger partial charge in [-0.1, -0.05) is 31.5 Å². The number of unbranched alkanes of at least 4 members (excludes halogenated alkanes) is 1. The Hall–Kier alpha value is -3.32. The second-order valence-electron chi connectivity index (χ2n) is 7.42. The summed E-state index contributed by atoms with van der Waals surface area (Å²) in [6.07, 6.45) is 2.65. The van der Waals surface area contributed by atoms with Crippen molar-refractivity contribution in [3.05, 3.63) is 59.8 Å². The Morgan fingerprint density at radius 2 is 1.59 bits per heavy atom. The lowest BCUT2D eigenvalue weighted by atomic mass is 10.0. The first-order valence-electron chi connectivity index (χ1n) is 10.8. The van der Waals surface area contributed by atoms with Crippen molar-refractivity contribution in [2.24, 2.45) is 0 Å². The van der Waals surface area contributed by atoms with Crippen molar-refractivity contribution in [3.8, 4) is 11.5 Å². The first kappa shape index (κ1) is 23.3. The number of carbonyl (C=O) groups excluding carboxylic acids is 2. The number of nitrogens with zero attached hydrogens (tertiary/aromatic N) is 1. The number of anilines is 1. The van der Waals surface area contributed by atoms with E-state index in [1.807, 2.05) is 18.2 Å². The SMILES string of the molecule is CCCCOCCCN1C(=O)C(Nc2cccc(OC)c2)=C(c2ccc(OC)cc2)C1=O. The van der Waals surface area contributed by atoms with Gasteiger partial charge in [0, 0.05) is 31.5 Å². The standard InChI is InChI=1S/C25H30N2O5/c1-4-5-15-32-16-7-14-27-24(28)22(18-10-12-20(30-2)13-11-18)23(25(27)29)26-19-8-6-9-21(17-19)31-3/h6,8-13,17,26H,4-5,7,14-16H2,1-3H3. The number of ether oxygens (including phenoxy) is 3. The smallest absolute Gasteiger partial charge is 0.278 e. The van der Waals surface area contributed by atoms with Crippen molar-refractivity contribution < 1.29 is 23.8 Å². The number of rotatable bonds is 12. The first-order chi connectivity index (χ1) is 15.6. The van der Waals surface area contributed by atoms with E-state index >= 15 is 0 Å². The van der Waals surface area contributed by atoms with Crippen molar-refractivity contribution in [2.75, 3.05) is 39.3 Å². The van der Waals surface area contributed by atoms with Gasteiger partial charge < -0.3 is 19.5 Å². The molecular formula is C25H30N2O5. The van der Waals surface area contributed by atoms with Crippen LogP contribution in [0.2, 0.25) is 0 Å². The molecule has 0 unspecified atom stereocenters. The minimum atomic E-state index is -0.350. The van der Waals surface area contributed by atoms with E-state index in [1.54, 1.807) is 44.6 Å². The van der Waals surface area contributed by atoms with Gasteiger partial charge in [-0.05, 0) is 42.7 Å². The summed E-state index contributed by atoms with van der Waals surface area (Å²) in [5.41, 5.74) is 1.90. The third-order valence-electron chi connectivity index (χ3n) is 5.20. The molecule has 7 heteroatoms. The number of nitrogens with one attached hydrogen (secondary N) is 1. The van der Waals surface area contributed by atoms with Gasteiger partial charge in [-0.15, -0.1) is 0 Å². The molecule has 0 aromatic heterocycles. The molecule has 0 saturated heterocycles. The zero-order valence-corrected chi connectivity index (χ0v) is 18.8. The summed E-state index contributed by atoms with van der Waals surface area (Å²) in [5, 5.41) is 3.15. The van der Waals surface area contributed by atoms with Crippen LogP contribution in [0.5, 0.6) is 11.5 Å². The molecule has 0 bridgehead atoms. The number of benzene rings is 2. The van der Waals surface area contributed by atoms with Crippen LogP contribution in [0.15, 0.2) is 54.2 Å². The van der Waals surface area contributed by atoms with E-state index in [2.05, 4.69) is 12.2 Å². The molecule has 2 aromatic rings. The lowest BCUT2D eigenvalue weighted by Gasteiger charge is -2.15. The largest absolute Gasteiger partial charge is 0.497 e. The van der Waals surface area contributed by atoms with E-state index in [-0.39, 0.29) is 17.5 Å². The van der Waals surface area contributed by atoms with Gasteiger partial charge in [-0.25, -0.2) is 0 Å². The second kappa shape index (κ2) is 11.3. The molecule has 2 amide bonds. The third-order valence-corrected chi connectivity index (χ3v) is 5.20. The van der Waals surface area contributed by atoms with E-state index in [9.17, 15) is 9.59 Å². The van der Waals surface area contributed by atoms with E-state index in [0.29, 0.717) is 54.5 Å². The first-order valence-corrected chi connectivity index (χ1v) is 10.8. The lowest BCUT2D eigenvalue weighted by molar-refractivity contribution is -0.137. The van der Waals surface area contributed by atoms with Crippen LogP contribution in [0.3, 0.4) is 0 Å². The van der Waals surface area contributed by atoms with Gasteiger partial charge in [0.1, 0.15) is 17.2 Å². The number of hydrogen-bond acceptors (Lipinski definition) is 6. The number of imide groups is 1. The number of carbonyl (C=O) groups is 2. The molecule has 0 spiro atoms. The third kappa shape index (κ3) is 5.48. The fourth-order valence-corrected chi connectivity index (χ4v) is 3.44. The Morgan fingerprint density at radius 1 is 0.875 bits per heavy atom. The minimum Gasteiger partial charge on any atom is -0.497 e. The summed E-state index contributed by atoms with van der Waals surface area (Å²) in [4.78, 5) is 27.8. The van der Waals surface area contributed by atoms with Gasteiger partial charge in [-0.3, -0.25) is 14.5 Å². The summed E-state index contributed by atoms with van der Waals surface area (Å²) >= 11 is 0. The Labute approximate surface area is 189 Å². The van der Waals surface area contributed by atoms with Crippen LogP contribution >= 0.6 is 0 Å². The van der Waals surface area contributed by atoms with Crippen LogP contribution in [0, 0.1) is 0 Å². The summed E-state index contributed by atoms with van der Waals surface area (Å²) in [6.45, 7) is 3.60. The highest BCUT2D eigenvalue weighted by Gasteiger charge is 2.38. The van der Waals surface area contributed by atoms with Crippen LogP contribution in [0.1, 0.15) is 31.7 Å². The highest BCUT2D eigenvalue weighted by Crippen LogP contribution is 2.32. The number of amides is 2. The van der Waals surface area contributed by atoms with Gasteiger partial charge in [0.15, 0.2) is 0 Å². The summed E-state index contributed by atoms with van der Waals surface area (Å²) in [6, 6.07) is 14.3. The van der Waals surface area contributed by atoms with Gasteiger partial charge in [0.25, 0.3) is 11.8 Å². The van der Waals surface area contributed by atoms with Gasteiger partial charge in [0.2, 0.25) is 0 Å². The average Bonchev–Trinajstić information content (AvgIpc) is 3.05. The predicted molar refractivity (Wildman–Crippen MR) is 124 cm³/mol. The minimum absolute atomic E-state index is 0.250. The highest BCUT2D eigenvalue weighted by atomic mass is 16.5. The molecule has 7 nitrogen and oxygen atoms in total. The van der Waals surface area contributed by atoms with Crippen molar-refractivity contribution >= 4 is 23.1 Å². The molecule has 2 aromatic carbocycles. The van der Waals surface area contributed by atoms with Crippen molar-refractivity contribution in [1.82, 2.24) is 4.90 Å². The molecule has 0 aliphatic carbocycles. The van der Waals surface area contributed by atoms with E-state index < -0.39 is 0 Å². The summed E-state index contributed by atoms with van der Waals surface area (Å²) in [5.74, 6) is 0.658. The number of methoxy groups -OCH3 is 2. The van der Waals surface area contributed by atoms with Gasteiger partial charge >= 0.3 is 0 Å². The van der Waals surface area contributed by atoms with Crippen molar-refractivity contribution in [1.29, 1.82) is 0 Å². The highest BCUT2D eigenvalue weighted by molar-refractivity contribution is 6.36. The van der Waals surface area contributed by atoms with Crippen LogP contribution in [0.25, 0.3) is 5.57 Å². The topological polar surface area (TPSA) is 77.1 Å². The fourth-order valence-electron chi connectivity index (χ4n) is 3.44.